The second-order valence-corrected chi connectivity index (χ2v) is 6.87. The van der Waals surface area contributed by atoms with Crippen molar-refractivity contribution in [3.63, 3.8) is 0 Å². The van der Waals surface area contributed by atoms with E-state index in [1.165, 1.54) is 44.3 Å². The van der Waals surface area contributed by atoms with E-state index < -0.39 is 0 Å². The number of nitrogens with zero attached hydrogens (tertiary/aromatic N) is 2. The maximum absolute atomic E-state index is 12.4. The molecule has 26 heavy (non-hydrogen) atoms. The maximum atomic E-state index is 12.4. The summed E-state index contributed by atoms with van der Waals surface area (Å²) in [4.78, 5) is 14.9. The van der Waals surface area contributed by atoms with E-state index in [1.807, 2.05) is 36.4 Å². The van der Waals surface area contributed by atoms with Gasteiger partial charge in [-0.25, -0.2) is 0 Å². The lowest BCUT2D eigenvalue weighted by atomic mass is 10.1. The molecule has 4 heteroatoms. The van der Waals surface area contributed by atoms with Gasteiger partial charge in [-0.05, 0) is 61.3 Å². The minimum Gasteiger partial charge on any atom is -0.322 e. The molecular formula is C22H25N3O. The average Bonchev–Trinajstić information content (AvgIpc) is 2.93. The van der Waals surface area contributed by atoms with Crippen LogP contribution in [0.2, 0.25) is 0 Å². The van der Waals surface area contributed by atoms with Crippen molar-refractivity contribution in [3.05, 3.63) is 65.2 Å². The molecular weight excluding hydrogens is 322 g/mol. The largest absolute Gasteiger partial charge is 0.322 e. The fourth-order valence-electron chi connectivity index (χ4n) is 3.31. The highest BCUT2D eigenvalue weighted by atomic mass is 16.1. The fourth-order valence-corrected chi connectivity index (χ4v) is 3.31. The van der Waals surface area contributed by atoms with Crippen molar-refractivity contribution in [2.24, 2.45) is 0 Å². The Morgan fingerprint density at radius 1 is 0.923 bits per heavy atom. The highest BCUT2D eigenvalue weighted by Crippen LogP contribution is 2.15. The number of amides is 1. The molecule has 1 N–H and O–H groups in total. The molecule has 0 bridgehead atoms. The van der Waals surface area contributed by atoms with Crippen molar-refractivity contribution in [2.45, 2.75) is 38.6 Å². The van der Waals surface area contributed by atoms with E-state index in [-0.39, 0.29) is 5.91 Å². The molecule has 1 heterocycles. The van der Waals surface area contributed by atoms with E-state index in [4.69, 9.17) is 5.26 Å². The van der Waals surface area contributed by atoms with Crippen LogP contribution in [0.5, 0.6) is 0 Å². The summed E-state index contributed by atoms with van der Waals surface area (Å²) in [5.74, 6) is -0.112. The van der Waals surface area contributed by atoms with Gasteiger partial charge in [0.2, 0.25) is 0 Å². The lowest BCUT2D eigenvalue weighted by molar-refractivity contribution is 0.102. The van der Waals surface area contributed by atoms with Crippen LogP contribution in [0.4, 0.5) is 5.69 Å². The Morgan fingerprint density at radius 3 is 2.15 bits per heavy atom. The van der Waals surface area contributed by atoms with Crippen LogP contribution in [0.1, 0.15) is 47.2 Å². The van der Waals surface area contributed by atoms with Crippen LogP contribution in [-0.2, 0) is 13.0 Å². The van der Waals surface area contributed by atoms with Crippen molar-refractivity contribution in [2.75, 3.05) is 18.4 Å². The Hall–Kier alpha value is -2.64. The van der Waals surface area contributed by atoms with Gasteiger partial charge in [-0.15, -0.1) is 0 Å². The van der Waals surface area contributed by atoms with E-state index in [1.54, 1.807) is 0 Å². The summed E-state index contributed by atoms with van der Waals surface area (Å²) in [6.45, 7) is 3.30. The Balaban J connectivity index is 1.57. The van der Waals surface area contributed by atoms with Gasteiger partial charge in [0.05, 0.1) is 12.5 Å². The SMILES string of the molecule is N#CCc1ccc(NC(=O)c2ccc(CN3CCCCCC3)cc2)cc1. The van der Waals surface area contributed by atoms with Crippen LogP contribution in [0.25, 0.3) is 0 Å². The van der Waals surface area contributed by atoms with E-state index in [2.05, 4.69) is 28.4 Å². The topological polar surface area (TPSA) is 56.1 Å². The van der Waals surface area contributed by atoms with Crippen LogP contribution in [-0.4, -0.2) is 23.9 Å². The Bertz CT molecular complexity index is 751. The van der Waals surface area contributed by atoms with Crippen LogP contribution in [0, 0.1) is 11.3 Å². The Kier molecular flexibility index (Phi) is 6.40. The number of rotatable bonds is 5. The van der Waals surface area contributed by atoms with Crippen molar-refractivity contribution in [1.82, 2.24) is 4.90 Å². The number of nitrogens with one attached hydrogen (secondary N) is 1. The predicted molar refractivity (Wildman–Crippen MR) is 104 cm³/mol. The molecule has 3 rings (SSSR count). The molecule has 1 aliphatic rings. The van der Waals surface area contributed by atoms with Gasteiger partial charge in [-0.2, -0.15) is 5.26 Å². The number of carbonyl (C=O) groups is 1. The fraction of sp³-hybridized carbons (Fsp3) is 0.364. The molecule has 0 spiro atoms. The molecule has 0 aliphatic carbocycles. The molecule has 1 aliphatic heterocycles. The average molecular weight is 347 g/mol. The summed E-state index contributed by atoms with van der Waals surface area (Å²) < 4.78 is 0. The number of anilines is 1. The second-order valence-electron chi connectivity index (χ2n) is 6.87. The normalized spacial score (nSPS) is 15.0. The van der Waals surface area contributed by atoms with Crippen molar-refractivity contribution in [1.29, 1.82) is 5.26 Å². The zero-order chi connectivity index (χ0) is 18.2. The monoisotopic (exact) mass is 347 g/mol. The summed E-state index contributed by atoms with van der Waals surface area (Å²) in [5, 5.41) is 11.6. The number of hydrogen-bond donors (Lipinski definition) is 1. The Labute approximate surface area is 155 Å². The van der Waals surface area contributed by atoms with E-state index in [0.717, 1.165) is 17.8 Å². The third kappa shape index (κ3) is 5.18. The third-order valence-electron chi connectivity index (χ3n) is 4.82. The first-order valence-electron chi connectivity index (χ1n) is 9.33. The molecule has 4 nitrogen and oxygen atoms in total. The van der Waals surface area contributed by atoms with E-state index >= 15 is 0 Å². The van der Waals surface area contributed by atoms with E-state index in [9.17, 15) is 4.79 Å². The predicted octanol–water partition coefficient (Wildman–Crippen LogP) is 4.38. The number of likely N-dealkylation sites (tertiary alicyclic amines) is 1. The van der Waals surface area contributed by atoms with Gasteiger partial charge in [-0.3, -0.25) is 9.69 Å². The standard InChI is InChI=1S/C22H25N3O/c23-14-13-18-7-11-21(12-8-18)24-22(26)20-9-5-19(6-10-20)17-25-15-3-1-2-4-16-25/h5-12H,1-4,13,15-17H2,(H,24,26). The van der Waals surface area contributed by atoms with Gasteiger partial charge in [0, 0.05) is 17.8 Å². The molecule has 0 atom stereocenters. The minimum absolute atomic E-state index is 0.112. The molecule has 0 aromatic heterocycles. The van der Waals surface area contributed by atoms with Gasteiger partial charge in [0.25, 0.3) is 5.91 Å². The molecule has 0 saturated carbocycles. The van der Waals surface area contributed by atoms with Crippen molar-refractivity contribution < 1.29 is 4.79 Å². The minimum atomic E-state index is -0.112. The summed E-state index contributed by atoms with van der Waals surface area (Å²) in [5.41, 5.74) is 3.60. The zero-order valence-corrected chi connectivity index (χ0v) is 15.1. The van der Waals surface area contributed by atoms with Crippen molar-refractivity contribution >= 4 is 11.6 Å². The molecule has 2 aromatic rings. The molecule has 1 saturated heterocycles. The maximum Gasteiger partial charge on any atom is 0.255 e. The first-order valence-corrected chi connectivity index (χ1v) is 9.33. The summed E-state index contributed by atoms with van der Waals surface area (Å²) in [7, 11) is 0. The van der Waals surface area contributed by atoms with Crippen LogP contribution in [0.15, 0.2) is 48.5 Å². The highest BCUT2D eigenvalue weighted by Gasteiger charge is 2.10. The van der Waals surface area contributed by atoms with Crippen molar-refractivity contribution in [3.8, 4) is 6.07 Å². The summed E-state index contributed by atoms with van der Waals surface area (Å²) >= 11 is 0. The quantitative estimate of drug-likeness (QED) is 0.873. The number of nitriles is 1. The lowest BCUT2D eigenvalue weighted by Crippen LogP contribution is -2.24. The van der Waals surface area contributed by atoms with Gasteiger partial charge < -0.3 is 5.32 Å². The molecule has 1 amide bonds. The lowest BCUT2D eigenvalue weighted by Gasteiger charge is -2.19. The summed E-state index contributed by atoms with van der Waals surface area (Å²) in [6.07, 6.45) is 5.63. The third-order valence-corrected chi connectivity index (χ3v) is 4.82. The number of benzene rings is 2. The molecule has 2 aromatic carbocycles. The zero-order valence-electron chi connectivity index (χ0n) is 15.1. The van der Waals surface area contributed by atoms with Gasteiger partial charge in [0.15, 0.2) is 0 Å². The van der Waals surface area contributed by atoms with Crippen LogP contribution >= 0.6 is 0 Å². The van der Waals surface area contributed by atoms with Crippen LogP contribution in [0.3, 0.4) is 0 Å². The molecule has 0 radical (unpaired) electrons. The smallest absolute Gasteiger partial charge is 0.255 e. The molecule has 1 fully saturated rings. The molecule has 134 valence electrons. The second kappa shape index (κ2) is 9.17. The highest BCUT2D eigenvalue weighted by molar-refractivity contribution is 6.04. The Morgan fingerprint density at radius 2 is 1.54 bits per heavy atom. The first kappa shape index (κ1) is 18.2. The van der Waals surface area contributed by atoms with Crippen LogP contribution < -0.4 is 5.32 Å². The van der Waals surface area contributed by atoms with Gasteiger partial charge >= 0.3 is 0 Å². The van der Waals surface area contributed by atoms with Gasteiger partial charge in [-0.1, -0.05) is 37.1 Å². The number of carbonyl (C=O) groups excluding carboxylic acids is 1. The number of hydrogen-bond acceptors (Lipinski definition) is 3. The first-order chi connectivity index (χ1) is 12.7. The van der Waals surface area contributed by atoms with Gasteiger partial charge in [0.1, 0.15) is 0 Å². The molecule has 0 unspecified atom stereocenters. The van der Waals surface area contributed by atoms with E-state index in [0.29, 0.717) is 12.0 Å². The summed E-state index contributed by atoms with van der Waals surface area (Å²) in [6, 6.07) is 17.4.